The number of ether oxygens (including phenoxy) is 1. The van der Waals surface area contributed by atoms with Crippen molar-refractivity contribution in [3.8, 4) is 0 Å². The van der Waals surface area contributed by atoms with E-state index in [-0.39, 0.29) is 0 Å². The topological polar surface area (TPSA) is 9.23 Å². The zero-order valence-corrected chi connectivity index (χ0v) is 6.85. The fourth-order valence-electron chi connectivity index (χ4n) is 0.507. The Morgan fingerprint density at radius 2 is 2.00 bits per heavy atom. The van der Waals surface area contributed by atoms with Crippen molar-refractivity contribution in [3.63, 3.8) is 0 Å². The Hall–Kier alpha value is -0.980. The maximum atomic E-state index is 4.98. The van der Waals surface area contributed by atoms with Crippen molar-refractivity contribution in [2.45, 2.75) is 13.8 Å². The summed E-state index contributed by atoms with van der Waals surface area (Å²) < 4.78 is 4.98. The molecule has 0 aliphatic carbocycles. The van der Waals surface area contributed by atoms with Crippen LogP contribution in [0.2, 0.25) is 0 Å². The lowest BCUT2D eigenvalue weighted by Crippen LogP contribution is -1.79. The van der Waals surface area contributed by atoms with Crippen LogP contribution in [0.3, 0.4) is 0 Å². The smallest absolute Gasteiger partial charge is 0.114 e. The van der Waals surface area contributed by atoms with Gasteiger partial charge in [0.1, 0.15) is 5.76 Å². The molecule has 56 valence electrons. The van der Waals surface area contributed by atoms with Crippen LogP contribution in [0.5, 0.6) is 0 Å². The zero-order chi connectivity index (χ0) is 7.98. The summed E-state index contributed by atoms with van der Waals surface area (Å²) in [5.41, 5.74) is 1.02. The lowest BCUT2D eigenvalue weighted by Gasteiger charge is -1.96. The second-order valence-corrected chi connectivity index (χ2v) is 2.07. The van der Waals surface area contributed by atoms with Crippen LogP contribution in [0.1, 0.15) is 13.8 Å². The van der Waals surface area contributed by atoms with E-state index in [1.807, 2.05) is 32.1 Å². The molecule has 0 bridgehead atoms. The van der Waals surface area contributed by atoms with E-state index in [1.165, 1.54) is 0 Å². The molecular weight excluding hydrogens is 124 g/mol. The Labute approximate surface area is 62.7 Å². The predicted octanol–water partition coefficient (Wildman–Crippen LogP) is 2.67. The molecular formula is C9H14O. The van der Waals surface area contributed by atoms with Crippen LogP contribution in [0.25, 0.3) is 0 Å². The van der Waals surface area contributed by atoms with Crippen molar-refractivity contribution >= 4 is 0 Å². The molecule has 0 spiro atoms. The largest absolute Gasteiger partial charge is 0.497 e. The third-order valence-corrected chi connectivity index (χ3v) is 1.05. The summed E-state index contributed by atoms with van der Waals surface area (Å²) in [5, 5.41) is 0. The Morgan fingerprint density at radius 3 is 2.30 bits per heavy atom. The molecule has 1 heteroatoms. The van der Waals surface area contributed by atoms with Crippen LogP contribution < -0.4 is 0 Å². The quantitative estimate of drug-likeness (QED) is 0.430. The van der Waals surface area contributed by atoms with Crippen molar-refractivity contribution < 1.29 is 4.74 Å². The van der Waals surface area contributed by atoms with Crippen molar-refractivity contribution in [1.82, 2.24) is 0 Å². The molecule has 0 N–H and O–H groups in total. The second-order valence-electron chi connectivity index (χ2n) is 2.07. The number of rotatable bonds is 3. The van der Waals surface area contributed by atoms with Crippen LogP contribution in [0.15, 0.2) is 36.1 Å². The minimum absolute atomic E-state index is 0.864. The molecule has 0 unspecified atom stereocenters. The van der Waals surface area contributed by atoms with Crippen LogP contribution in [0.4, 0.5) is 0 Å². The predicted molar refractivity (Wildman–Crippen MR) is 44.7 cm³/mol. The molecule has 0 rings (SSSR count). The fraction of sp³-hybridized carbons (Fsp3) is 0.333. The van der Waals surface area contributed by atoms with E-state index in [4.69, 9.17) is 4.74 Å². The van der Waals surface area contributed by atoms with Crippen molar-refractivity contribution in [1.29, 1.82) is 0 Å². The third-order valence-electron chi connectivity index (χ3n) is 1.05. The lowest BCUT2D eigenvalue weighted by atomic mass is 10.3. The first-order valence-electron chi connectivity index (χ1n) is 3.24. The van der Waals surface area contributed by atoms with Gasteiger partial charge < -0.3 is 4.74 Å². The highest BCUT2D eigenvalue weighted by atomic mass is 16.5. The minimum Gasteiger partial charge on any atom is -0.497 e. The van der Waals surface area contributed by atoms with E-state index in [9.17, 15) is 0 Å². The van der Waals surface area contributed by atoms with Gasteiger partial charge in [0.15, 0.2) is 0 Å². The molecule has 0 saturated carbocycles. The normalized spacial score (nSPS) is 12.1. The van der Waals surface area contributed by atoms with Crippen molar-refractivity contribution in [2.75, 3.05) is 7.11 Å². The molecule has 1 nitrogen and oxygen atoms in total. The Morgan fingerprint density at radius 1 is 1.40 bits per heavy atom. The Kier molecular flexibility index (Phi) is 4.38. The lowest BCUT2D eigenvalue weighted by molar-refractivity contribution is 0.306. The first-order chi connectivity index (χ1) is 4.70. The molecule has 0 aliphatic rings. The summed E-state index contributed by atoms with van der Waals surface area (Å²) in [7, 11) is 1.65. The standard InChI is InChI=1S/C9H14O/c1-5-9(10-4)7-6-8(2)3/h5-7H,2H2,1,3-4H3/b7-6-,9-5+. The van der Waals surface area contributed by atoms with Gasteiger partial charge >= 0.3 is 0 Å². The zero-order valence-electron chi connectivity index (χ0n) is 6.85. The minimum atomic E-state index is 0.864. The molecule has 0 saturated heterocycles. The van der Waals surface area contributed by atoms with E-state index in [1.54, 1.807) is 7.11 Å². The Bertz CT molecular complexity index is 164. The molecule has 0 aromatic carbocycles. The molecule has 0 heterocycles. The maximum absolute atomic E-state index is 4.98. The van der Waals surface area contributed by atoms with Gasteiger partial charge in [0, 0.05) is 0 Å². The number of allylic oxidation sites excluding steroid dienone is 4. The molecule has 0 atom stereocenters. The molecule has 10 heavy (non-hydrogen) atoms. The fourth-order valence-corrected chi connectivity index (χ4v) is 0.507. The maximum Gasteiger partial charge on any atom is 0.114 e. The van der Waals surface area contributed by atoms with Crippen LogP contribution >= 0.6 is 0 Å². The first-order valence-corrected chi connectivity index (χ1v) is 3.24. The molecule has 0 aliphatic heterocycles. The molecule has 0 fully saturated rings. The summed E-state index contributed by atoms with van der Waals surface area (Å²) in [4.78, 5) is 0. The highest BCUT2D eigenvalue weighted by Gasteiger charge is 1.83. The van der Waals surface area contributed by atoms with E-state index in [2.05, 4.69) is 6.58 Å². The SMILES string of the molecule is C=C(C)/C=C\C(=C/C)OC. The molecule has 0 aromatic heterocycles. The van der Waals surface area contributed by atoms with E-state index in [0.717, 1.165) is 11.3 Å². The molecule has 0 aromatic rings. The summed E-state index contributed by atoms with van der Waals surface area (Å²) in [6.07, 6.45) is 5.71. The first kappa shape index (κ1) is 9.02. The van der Waals surface area contributed by atoms with Crippen LogP contribution in [-0.4, -0.2) is 7.11 Å². The summed E-state index contributed by atoms with van der Waals surface area (Å²) in [6.45, 7) is 7.60. The van der Waals surface area contributed by atoms with Gasteiger partial charge in [-0.2, -0.15) is 0 Å². The summed E-state index contributed by atoms with van der Waals surface area (Å²) in [5.74, 6) is 0.864. The van der Waals surface area contributed by atoms with Gasteiger partial charge in [-0.25, -0.2) is 0 Å². The Balaban J connectivity index is 3.98. The van der Waals surface area contributed by atoms with E-state index in [0.29, 0.717) is 0 Å². The highest BCUT2D eigenvalue weighted by Crippen LogP contribution is 1.99. The number of hydrogen-bond acceptors (Lipinski definition) is 1. The number of methoxy groups -OCH3 is 1. The number of hydrogen-bond donors (Lipinski definition) is 0. The van der Waals surface area contributed by atoms with Gasteiger partial charge in [-0.05, 0) is 26.0 Å². The van der Waals surface area contributed by atoms with E-state index < -0.39 is 0 Å². The average molecular weight is 138 g/mol. The van der Waals surface area contributed by atoms with Gasteiger partial charge in [-0.1, -0.05) is 18.2 Å². The van der Waals surface area contributed by atoms with Gasteiger partial charge in [0.25, 0.3) is 0 Å². The van der Waals surface area contributed by atoms with Gasteiger partial charge in [0.05, 0.1) is 7.11 Å². The third kappa shape index (κ3) is 3.96. The summed E-state index contributed by atoms with van der Waals surface area (Å²) in [6, 6.07) is 0. The van der Waals surface area contributed by atoms with Gasteiger partial charge in [-0.3, -0.25) is 0 Å². The van der Waals surface area contributed by atoms with Gasteiger partial charge in [0.2, 0.25) is 0 Å². The van der Waals surface area contributed by atoms with Crippen molar-refractivity contribution in [2.24, 2.45) is 0 Å². The average Bonchev–Trinajstić information content (AvgIpc) is 1.90. The molecule has 0 amide bonds. The summed E-state index contributed by atoms with van der Waals surface area (Å²) >= 11 is 0. The van der Waals surface area contributed by atoms with Crippen molar-refractivity contribution in [3.05, 3.63) is 36.1 Å². The second kappa shape index (κ2) is 4.86. The monoisotopic (exact) mass is 138 g/mol. The van der Waals surface area contributed by atoms with Crippen LogP contribution in [-0.2, 0) is 4.74 Å². The highest BCUT2D eigenvalue weighted by molar-refractivity contribution is 5.20. The molecule has 0 radical (unpaired) electrons. The van der Waals surface area contributed by atoms with Crippen LogP contribution in [0, 0.1) is 0 Å². The van der Waals surface area contributed by atoms with E-state index >= 15 is 0 Å². The van der Waals surface area contributed by atoms with Gasteiger partial charge in [-0.15, -0.1) is 0 Å².